The Kier molecular flexibility index (Phi) is 6.65. The van der Waals surface area contributed by atoms with Gasteiger partial charge in [-0.3, -0.25) is 9.48 Å². The first-order chi connectivity index (χ1) is 16.2. The van der Waals surface area contributed by atoms with Crippen LogP contribution in [0.3, 0.4) is 0 Å². The molecule has 3 aromatic heterocycles. The SMILES string of the molecule is Cc1nn(C)c2nc(-c3cccs3)cc(C(=O)OCC(=O)N(C)Cc3ccc(N(C)C)cc3)c12. The van der Waals surface area contributed by atoms with Crippen molar-refractivity contribution >= 4 is 39.9 Å². The molecule has 176 valence electrons. The molecule has 4 aromatic rings. The lowest BCUT2D eigenvalue weighted by molar-refractivity contribution is -0.133. The zero-order valence-electron chi connectivity index (χ0n) is 19.9. The van der Waals surface area contributed by atoms with Crippen LogP contribution in [0.2, 0.25) is 0 Å². The van der Waals surface area contributed by atoms with E-state index < -0.39 is 5.97 Å². The van der Waals surface area contributed by atoms with Crippen molar-refractivity contribution in [3.05, 3.63) is 64.7 Å². The molecule has 0 N–H and O–H groups in total. The van der Waals surface area contributed by atoms with Crippen molar-refractivity contribution in [1.29, 1.82) is 0 Å². The van der Waals surface area contributed by atoms with Crippen LogP contribution >= 0.6 is 11.3 Å². The summed E-state index contributed by atoms with van der Waals surface area (Å²) in [6.45, 7) is 1.91. The number of nitrogens with zero attached hydrogens (tertiary/aromatic N) is 5. The molecule has 8 nitrogen and oxygen atoms in total. The maximum Gasteiger partial charge on any atom is 0.339 e. The molecule has 0 aliphatic carbocycles. The Hall–Kier alpha value is -3.72. The number of pyridine rings is 1. The summed E-state index contributed by atoms with van der Waals surface area (Å²) in [7, 11) is 7.44. The summed E-state index contributed by atoms with van der Waals surface area (Å²) in [6.07, 6.45) is 0. The average Bonchev–Trinajstić information content (AvgIpc) is 3.45. The molecule has 0 aliphatic heterocycles. The molecule has 0 saturated heterocycles. The van der Waals surface area contributed by atoms with Crippen LogP contribution in [0.15, 0.2) is 47.8 Å². The van der Waals surface area contributed by atoms with E-state index in [1.807, 2.05) is 67.7 Å². The minimum absolute atomic E-state index is 0.281. The third-order valence-corrected chi connectivity index (χ3v) is 6.48. The van der Waals surface area contributed by atoms with Gasteiger partial charge in [0.15, 0.2) is 12.3 Å². The lowest BCUT2D eigenvalue weighted by Crippen LogP contribution is -2.30. The Bertz CT molecular complexity index is 1330. The van der Waals surface area contributed by atoms with Gasteiger partial charge >= 0.3 is 5.97 Å². The van der Waals surface area contributed by atoms with Crippen LogP contribution in [-0.2, 0) is 23.1 Å². The van der Waals surface area contributed by atoms with Gasteiger partial charge in [0, 0.05) is 40.4 Å². The number of benzene rings is 1. The van der Waals surface area contributed by atoms with Crippen LogP contribution in [0.1, 0.15) is 21.6 Å². The minimum Gasteiger partial charge on any atom is -0.452 e. The van der Waals surface area contributed by atoms with Crippen molar-refractivity contribution in [3.8, 4) is 10.6 Å². The zero-order valence-corrected chi connectivity index (χ0v) is 20.7. The van der Waals surface area contributed by atoms with E-state index in [9.17, 15) is 9.59 Å². The van der Waals surface area contributed by atoms with E-state index in [1.165, 1.54) is 11.3 Å². The predicted octanol–water partition coefficient (Wildman–Crippen LogP) is 3.89. The predicted molar refractivity (Wildman–Crippen MR) is 134 cm³/mol. The number of aromatic nitrogens is 3. The molecular weight excluding hydrogens is 450 g/mol. The standard InChI is InChI=1S/C25H27N5O3S/c1-16-23-19(13-20(21-7-6-12-34-21)26-24(23)30(5)27-16)25(32)33-15-22(31)29(4)14-17-8-10-18(11-9-17)28(2)3/h6-13H,14-15H2,1-5H3. The largest absolute Gasteiger partial charge is 0.452 e. The van der Waals surface area contributed by atoms with Crippen LogP contribution in [0, 0.1) is 6.92 Å². The molecule has 0 atom stereocenters. The molecule has 0 unspecified atom stereocenters. The fourth-order valence-electron chi connectivity index (χ4n) is 3.73. The van der Waals surface area contributed by atoms with Gasteiger partial charge in [-0.25, -0.2) is 9.78 Å². The summed E-state index contributed by atoms with van der Waals surface area (Å²) in [5.74, 6) is -0.852. The highest BCUT2D eigenvalue weighted by Gasteiger charge is 2.22. The lowest BCUT2D eigenvalue weighted by Gasteiger charge is -2.18. The fourth-order valence-corrected chi connectivity index (χ4v) is 4.42. The van der Waals surface area contributed by atoms with Gasteiger partial charge in [-0.1, -0.05) is 18.2 Å². The summed E-state index contributed by atoms with van der Waals surface area (Å²) in [5.41, 5.74) is 4.38. The molecule has 1 amide bonds. The normalized spacial score (nSPS) is 11.0. The van der Waals surface area contributed by atoms with Crippen molar-refractivity contribution < 1.29 is 14.3 Å². The van der Waals surface area contributed by atoms with Crippen LogP contribution in [0.25, 0.3) is 21.6 Å². The lowest BCUT2D eigenvalue weighted by atomic mass is 10.1. The topological polar surface area (TPSA) is 80.6 Å². The maximum absolute atomic E-state index is 13.1. The summed E-state index contributed by atoms with van der Waals surface area (Å²) < 4.78 is 7.10. The molecule has 9 heteroatoms. The van der Waals surface area contributed by atoms with E-state index in [1.54, 1.807) is 29.7 Å². The molecule has 0 radical (unpaired) electrons. The summed E-state index contributed by atoms with van der Waals surface area (Å²) in [5, 5.41) is 7.00. The van der Waals surface area contributed by atoms with Crippen molar-refractivity contribution in [2.45, 2.75) is 13.5 Å². The van der Waals surface area contributed by atoms with Crippen molar-refractivity contribution in [3.63, 3.8) is 0 Å². The molecule has 0 spiro atoms. The van der Waals surface area contributed by atoms with Crippen LogP contribution in [0.4, 0.5) is 5.69 Å². The Morgan fingerprint density at radius 2 is 1.85 bits per heavy atom. The number of hydrogen-bond acceptors (Lipinski definition) is 7. The third-order valence-electron chi connectivity index (χ3n) is 5.59. The summed E-state index contributed by atoms with van der Waals surface area (Å²) in [4.78, 5) is 34.9. The van der Waals surface area contributed by atoms with Gasteiger partial charge in [0.2, 0.25) is 0 Å². The highest BCUT2D eigenvalue weighted by Crippen LogP contribution is 2.29. The first-order valence-corrected chi connectivity index (χ1v) is 11.7. The van der Waals surface area contributed by atoms with Gasteiger partial charge in [0.1, 0.15) is 0 Å². The van der Waals surface area contributed by atoms with E-state index in [2.05, 4.69) is 5.10 Å². The van der Waals surface area contributed by atoms with Crippen LogP contribution < -0.4 is 4.90 Å². The number of likely N-dealkylation sites (N-methyl/N-ethyl adjacent to an activating group) is 1. The molecule has 0 saturated carbocycles. The van der Waals surface area contributed by atoms with E-state index in [0.717, 1.165) is 16.1 Å². The van der Waals surface area contributed by atoms with Gasteiger partial charge in [-0.2, -0.15) is 5.10 Å². The maximum atomic E-state index is 13.1. The fraction of sp³-hybridized carbons (Fsp3) is 0.280. The smallest absolute Gasteiger partial charge is 0.339 e. The number of aryl methyl sites for hydroxylation is 2. The van der Waals surface area contributed by atoms with E-state index in [-0.39, 0.29) is 12.5 Å². The second kappa shape index (κ2) is 9.64. The van der Waals surface area contributed by atoms with Gasteiger partial charge in [0.05, 0.1) is 27.2 Å². The van der Waals surface area contributed by atoms with E-state index in [0.29, 0.717) is 34.5 Å². The van der Waals surface area contributed by atoms with Gasteiger partial charge < -0.3 is 14.5 Å². The van der Waals surface area contributed by atoms with Gasteiger partial charge in [-0.05, 0) is 42.1 Å². The van der Waals surface area contributed by atoms with Crippen LogP contribution in [-0.4, -0.2) is 59.3 Å². The molecule has 4 rings (SSSR count). The molecule has 0 aliphatic rings. The molecule has 0 fully saturated rings. The number of thiophene rings is 1. The number of ether oxygens (including phenoxy) is 1. The number of carbonyl (C=O) groups excluding carboxylic acids is 2. The quantitative estimate of drug-likeness (QED) is 0.376. The molecule has 0 bridgehead atoms. The highest BCUT2D eigenvalue weighted by molar-refractivity contribution is 7.13. The average molecular weight is 478 g/mol. The number of rotatable bonds is 7. The number of carbonyl (C=O) groups is 2. The zero-order chi connectivity index (χ0) is 24.4. The van der Waals surface area contributed by atoms with Gasteiger partial charge in [0.25, 0.3) is 5.91 Å². The van der Waals surface area contributed by atoms with Crippen LogP contribution in [0.5, 0.6) is 0 Å². The minimum atomic E-state index is -0.571. The molecule has 3 heterocycles. The Labute approximate surface area is 202 Å². The molecule has 1 aromatic carbocycles. The Morgan fingerprint density at radius 1 is 1.12 bits per heavy atom. The molecular formula is C25H27N5O3S. The number of esters is 1. The number of fused-ring (bicyclic) bond motifs is 1. The molecule has 34 heavy (non-hydrogen) atoms. The first-order valence-electron chi connectivity index (χ1n) is 10.8. The number of amides is 1. The van der Waals surface area contributed by atoms with Crippen molar-refractivity contribution in [2.75, 3.05) is 32.6 Å². The Morgan fingerprint density at radius 3 is 2.50 bits per heavy atom. The van der Waals surface area contributed by atoms with Gasteiger partial charge in [-0.15, -0.1) is 11.3 Å². The summed E-state index contributed by atoms with van der Waals surface area (Å²) >= 11 is 1.54. The summed E-state index contributed by atoms with van der Waals surface area (Å²) in [6, 6.07) is 13.6. The van der Waals surface area contributed by atoms with Crippen molar-refractivity contribution in [1.82, 2.24) is 19.7 Å². The van der Waals surface area contributed by atoms with E-state index >= 15 is 0 Å². The second-order valence-electron chi connectivity index (χ2n) is 8.33. The number of anilines is 1. The first kappa shape index (κ1) is 23.4. The van der Waals surface area contributed by atoms with E-state index in [4.69, 9.17) is 9.72 Å². The second-order valence-corrected chi connectivity index (χ2v) is 9.27. The monoisotopic (exact) mass is 477 g/mol. The third kappa shape index (κ3) is 4.79. The number of hydrogen-bond donors (Lipinski definition) is 0. The van der Waals surface area contributed by atoms with Crippen molar-refractivity contribution in [2.24, 2.45) is 7.05 Å². The highest BCUT2D eigenvalue weighted by atomic mass is 32.1. The Balaban J connectivity index is 1.49.